The number of nitrogens with zero attached hydrogens (tertiary/aromatic N) is 4. The number of aliphatic imine (C=N–C) groups is 1. The summed E-state index contributed by atoms with van der Waals surface area (Å²) in [4.78, 5) is 60.3. The predicted octanol–water partition coefficient (Wildman–Crippen LogP) is 6.64. The van der Waals surface area contributed by atoms with Crippen LogP contribution in [0.4, 0.5) is 14.4 Å². The molecule has 13 heteroatoms. The topological polar surface area (TPSA) is 157 Å². The number of hydrogen-bond donors (Lipinski definition) is 2. The summed E-state index contributed by atoms with van der Waals surface area (Å²) < 4.78 is 32.8. The molecule has 1 aliphatic heterocycles. The van der Waals surface area contributed by atoms with Crippen LogP contribution in [0.5, 0.6) is 0 Å². The molecule has 0 bridgehead atoms. The molecule has 1 aliphatic carbocycles. The molecule has 0 aromatic carbocycles. The van der Waals surface area contributed by atoms with Gasteiger partial charge in [0.15, 0.2) is 0 Å². The molecule has 12 nitrogen and oxygen atoms in total. The standard InChI is InChI=1S/C32H57N5O7S/c1-13-32(12,20-27(2,3)33-22-38)37-25(40)36(26(37)41)29(6,7)19-28(4,5)34-24(39)35(23-17-15-14-16-18-23)30(8,9)21-31(10,11)45(42,43)44/h23H,13-21H2,1-12H3,(H,34,39)(H,42,43,44). The first-order valence-electron chi connectivity index (χ1n) is 16.0. The minimum atomic E-state index is -4.39. The van der Waals surface area contributed by atoms with Crippen LogP contribution >= 0.6 is 0 Å². The average Bonchev–Trinajstić information content (AvgIpc) is 2.81. The maximum absolute atomic E-state index is 14.1. The molecule has 258 valence electrons. The number of hydrogen-bond acceptors (Lipinski definition) is 7. The minimum Gasteiger partial charge on any atom is -0.333 e. The summed E-state index contributed by atoms with van der Waals surface area (Å²) in [6.07, 6.45) is 7.15. The third kappa shape index (κ3) is 8.65. The number of carbonyl (C=O) groups is 3. The molecule has 2 aliphatic rings. The molecule has 0 aromatic heterocycles. The molecule has 45 heavy (non-hydrogen) atoms. The van der Waals surface area contributed by atoms with Crippen molar-refractivity contribution in [2.45, 2.75) is 179 Å². The quantitative estimate of drug-likeness (QED) is 0.121. The smallest absolute Gasteiger partial charge is 0.333 e. The van der Waals surface area contributed by atoms with Gasteiger partial charge < -0.3 is 10.2 Å². The van der Waals surface area contributed by atoms with Gasteiger partial charge in [-0.1, -0.05) is 26.2 Å². The Morgan fingerprint density at radius 3 is 1.87 bits per heavy atom. The number of imide groups is 2. The van der Waals surface area contributed by atoms with Crippen LogP contribution in [0.2, 0.25) is 0 Å². The Hall–Kier alpha value is -2.50. The molecule has 2 fully saturated rings. The Morgan fingerprint density at radius 2 is 1.42 bits per heavy atom. The van der Waals surface area contributed by atoms with E-state index in [1.165, 1.54) is 23.6 Å². The second-order valence-corrected chi connectivity index (χ2v) is 18.5. The third-order valence-electron chi connectivity index (χ3n) is 9.52. The number of isocyanates is 1. The second-order valence-electron chi connectivity index (χ2n) is 16.5. The molecule has 1 saturated heterocycles. The van der Waals surface area contributed by atoms with Crippen molar-refractivity contribution in [3.63, 3.8) is 0 Å². The van der Waals surface area contributed by atoms with E-state index in [2.05, 4.69) is 10.3 Å². The predicted molar refractivity (Wildman–Crippen MR) is 174 cm³/mol. The zero-order valence-electron chi connectivity index (χ0n) is 29.5. The van der Waals surface area contributed by atoms with Gasteiger partial charge in [-0.3, -0.25) is 4.55 Å². The maximum Gasteiger partial charge on any atom is 0.337 e. The van der Waals surface area contributed by atoms with Gasteiger partial charge in [0.05, 0.1) is 21.4 Å². The highest BCUT2D eigenvalue weighted by Gasteiger charge is 2.58. The van der Waals surface area contributed by atoms with Crippen LogP contribution in [-0.2, 0) is 14.9 Å². The Bertz CT molecular complexity index is 1280. The first-order valence-corrected chi connectivity index (χ1v) is 17.5. The fourth-order valence-corrected chi connectivity index (χ4v) is 8.34. The van der Waals surface area contributed by atoms with Gasteiger partial charge in [-0.25, -0.2) is 29.0 Å². The Labute approximate surface area is 270 Å². The van der Waals surface area contributed by atoms with Crippen molar-refractivity contribution in [2.24, 2.45) is 4.99 Å². The number of rotatable bonds is 14. The molecule has 1 saturated carbocycles. The average molecular weight is 656 g/mol. The van der Waals surface area contributed by atoms with Gasteiger partial charge in [0.2, 0.25) is 6.08 Å². The van der Waals surface area contributed by atoms with Crippen molar-refractivity contribution in [2.75, 3.05) is 0 Å². The fraction of sp³-hybridized carbons (Fsp3) is 0.875. The summed E-state index contributed by atoms with van der Waals surface area (Å²) in [6, 6.07) is -1.36. The van der Waals surface area contributed by atoms with E-state index < -0.39 is 54.6 Å². The monoisotopic (exact) mass is 655 g/mol. The second kappa shape index (κ2) is 13.0. The molecule has 2 N–H and O–H groups in total. The number of carbonyl (C=O) groups excluding carboxylic acids is 4. The van der Waals surface area contributed by atoms with Crippen LogP contribution in [0.1, 0.15) is 141 Å². The lowest BCUT2D eigenvalue weighted by Crippen LogP contribution is -2.76. The molecular formula is C32H57N5O7S. The molecule has 6 amide bonds. The molecule has 2 rings (SSSR count). The van der Waals surface area contributed by atoms with Crippen LogP contribution in [0.15, 0.2) is 4.99 Å². The van der Waals surface area contributed by atoms with Crippen LogP contribution in [-0.4, -0.2) is 90.3 Å². The summed E-state index contributed by atoms with van der Waals surface area (Å²) in [6.45, 7) is 21.0. The van der Waals surface area contributed by atoms with E-state index in [1.54, 1.807) is 38.7 Å². The molecule has 0 spiro atoms. The number of amides is 6. The van der Waals surface area contributed by atoms with Gasteiger partial charge in [0.1, 0.15) is 0 Å². The van der Waals surface area contributed by atoms with Crippen molar-refractivity contribution >= 4 is 34.3 Å². The van der Waals surface area contributed by atoms with E-state index in [1.807, 2.05) is 41.5 Å². The summed E-state index contributed by atoms with van der Waals surface area (Å²) >= 11 is 0. The molecular weight excluding hydrogens is 598 g/mol. The zero-order chi connectivity index (χ0) is 35.0. The fourth-order valence-electron chi connectivity index (χ4n) is 7.80. The van der Waals surface area contributed by atoms with Crippen LogP contribution in [0, 0.1) is 0 Å². The number of nitrogens with one attached hydrogen (secondary N) is 1. The van der Waals surface area contributed by atoms with Gasteiger partial charge in [-0.05, 0) is 115 Å². The minimum absolute atomic E-state index is 0.0203. The van der Waals surface area contributed by atoms with Gasteiger partial charge in [0, 0.05) is 17.1 Å². The molecule has 1 unspecified atom stereocenters. The first-order chi connectivity index (χ1) is 20.2. The van der Waals surface area contributed by atoms with E-state index >= 15 is 0 Å². The maximum atomic E-state index is 14.1. The third-order valence-corrected chi connectivity index (χ3v) is 11.1. The van der Waals surface area contributed by atoms with Crippen molar-refractivity contribution in [3.05, 3.63) is 0 Å². The lowest BCUT2D eigenvalue weighted by atomic mass is 9.80. The van der Waals surface area contributed by atoms with E-state index in [4.69, 9.17) is 0 Å². The van der Waals surface area contributed by atoms with Crippen LogP contribution in [0.25, 0.3) is 0 Å². The summed E-state index contributed by atoms with van der Waals surface area (Å²) in [5.74, 6) is 0. The highest BCUT2D eigenvalue weighted by atomic mass is 32.2. The van der Waals surface area contributed by atoms with E-state index in [9.17, 15) is 32.1 Å². The summed E-state index contributed by atoms with van der Waals surface area (Å²) in [5.41, 5.74) is -4.45. The summed E-state index contributed by atoms with van der Waals surface area (Å²) in [5, 5.41) is 3.13. The van der Waals surface area contributed by atoms with Crippen molar-refractivity contribution in [1.29, 1.82) is 0 Å². The number of urea groups is 3. The zero-order valence-corrected chi connectivity index (χ0v) is 30.4. The van der Waals surface area contributed by atoms with E-state index in [0.29, 0.717) is 12.8 Å². The van der Waals surface area contributed by atoms with Gasteiger partial charge in [-0.2, -0.15) is 13.4 Å². The highest BCUT2D eigenvalue weighted by Crippen LogP contribution is 2.42. The molecule has 0 radical (unpaired) electrons. The molecule has 1 atom stereocenters. The molecule has 0 aromatic rings. The van der Waals surface area contributed by atoms with Crippen molar-refractivity contribution in [1.82, 2.24) is 20.0 Å². The Balaban J connectivity index is 2.31. The van der Waals surface area contributed by atoms with Gasteiger partial charge in [0.25, 0.3) is 10.1 Å². The normalized spacial score (nSPS) is 19.0. The Kier molecular flexibility index (Phi) is 11.1. The van der Waals surface area contributed by atoms with Crippen molar-refractivity contribution in [3.8, 4) is 0 Å². The van der Waals surface area contributed by atoms with Crippen LogP contribution in [0.3, 0.4) is 0 Å². The first kappa shape index (κ1) is 38.7. The van der Waals surface area contributed by atoms with Gasteiger partial charge >= 0.3 is 18.1 Å². The van der Waals surface area contributed by atoms with E-state index in [0.717, 1.165) is 32.1 Å². The lowest BCUT2D eigenvalue weighted by Gasteiger charge is -2.56. The van der Waals surface area contributed by atoms with Gasteiger partial charge in [-0.15, -0.1) is 0 Å². The highest BCUT2D eigenvalue weighted by molar-refractivity contribution is 7.87. The van der Waals surface area contributed by atoms with Crippen molar-refractivity contribution < 1.29 is 32.1 Å². The molecule has 1 heterocycles. The van der Waals surface area contributed by atoms with E-state index in [-0.39, 0.29) is 24.9 Å². The largest absolute Gasteiger partial charge is 0.337 e. The SMILES string of the molecule is CCC(C)(CC(C)(C)N=C=O)N1C(=O)N(C(C)(C)CC(C)(C)NC(=O)N(C2CCCCC2)C(C)(C)CC(C)(C)S(=O)(=O)O)C1=O. The van der Waals surface area contributed by atoms with Crippen LogP contribution < -0.4 is 5.32 Å². The summed E-state index contributed by atoms with van der Waals surface area (Å²) in [7, 11) is -4.39. The lowest BCUT2D eigenvalue weighted by molar-refractivity contribution is 0.00746. The Morgan fingerprint density at radius 1 is 0.911 bits per heavy atom.